The summed E-state index contributed by atoms with van der Waals surface area (Å²) in [5, 5.41) is 4.04. The van der Waals surface area contributed by atoms with E-state index in [0.717, 1.165) is 16.9 Å². The van der Waals surface area contributed by atoms with Gasteiger partial charge in [0.25, 0.3) is 0 Å². The smallest absolute Gasteiger partial charge is 0.246 e. The number of carbonyl (C=O) groups excluding carboxylic acids is 1. The summed E-state index contributed by atoms with van der Waals surface area (Å²) in [6.45, 7) is 4.48. The molecule has 0 aliphatic carbocycles. The van der Waals surface area contributed by atoms with Gasteiger partial charge in [-0.05, 0) is 49.8 Å². The Bertz CT molecular complexity index is 947. The Morgan fingerprint density at radius 2 is 1.86 bits per heavy atom. The highest BCUT2D eigenvalue weighted by Gasteiger charge is 2.17. The first-order valence-electron chi connectivity index (χ1n) is 9.57. The van der Waals surface area contributed by atoms with Crippen molar-refractivity contribution in [3.05, 3.63) is 72.1 Å². The molecular weight excluding hydrogens is 366 g/mol. The zero-order valence-corrected chi connectivity index (χ0v) is 16.9. The van der Waals surface area contributed by atoms with Gasteiger partial charge in [0.1, 0.15) is 5.75 Å². The van der Waals surface area contributed by atoms with E-state index in [1.807, 2.05) is 74.5 Å². The SMILES string of the molecule is COc1ccc(-c2noc(CCN(C(=O)/C=C/c3ccccc3)C(C)C)n2)cc1. The third-order valence-electron chi connectivity index (χ3n) is 4.51. The lowest BCUT2D eigenvalue weighted by Gasteiger charge is -2.24. The third-order valence-corrected chi connectivity index (χ3v) is 4.51. The van der Waals surface area contributed by atoms with Crippen molar-refractivity contribution in [2.75, 3.05) is 13.7 Å². The van der Waals surface area contributed by atoms with Crippen LogP contribution in [0.5, 0.6) is 5.75 Å². The van der Waals surface area contributed by atoms with E-state index in [0.29, 0.717) is 24.7 Å². The molecule has 1 aromatic heterocycles. The number of hydrogen-bond donors (Lipinski definition) is 0. The van der Waals surface area contributed by atoms with Crippen molar-refractivity contribution in [1.82, 2.24) is 15.0 Å². The molecular formula is C23H25N3O3. The highest BCUT2D eigenvalue weighted by atomic mass is 16.5. The standard InChI is InChI=1S/C23H25N3O3/c1-17(2)26(22(27)14-9-18-7-5-4-6-8-18)16-15-21-24-23(25-29-21)19-10-12-20(28-3)13-11-19/h4-14,17H,15-16H2,1-3H3/b14-9+. The van der Waals surface area contributed by atoms with Gasteiger partial charge < -0.3 is 14.2 Å². The lowest BCUT2D eigenvalue weighted by molar-refractivity contribution is -0.127. The number of nitrogens with zero attached hydrogens (tertiary/aromatic N) is 3. The van der Waals surface area contributed by atoms with E-state index in [2.05, 4.69) is 10.1 Å². The summed E-state index contributed by atoms with van der Waals surface area (Å²) in [7, 11) is 1.62. The van der Waals surface area contributed by atoms with Crippen LogP contribution in [0, 0.1) is 0 Å². The van der Waals surface area contributed by atoms with Crippen LogP contribution in [0.1, 0.15) is 25.3 Å². The fraction of sp³-hybridized carbons (Fsp3) is 0.261. The van der Waals surface area contributed by atoms with Crippen molar-refractivity contribution in [3.63, 3.8) is 0 Å². The topological polar surface area (TPSA) is 68.5 Å². The Labute approximate surface area is 170 Å². The predicted octanol–water partition coefficient (Wildman–Crippen LogP) is 4.24. The average molecular weight is 391 g/mol. The maximum Gasteiger partial charge on any atom is 0.246 e. The van der Waals surface area contributed by atoms with Crippen LogP contribution < -0.4 is 4.74 Å². The summed E-state index contributed by atoms with van der Waals surface area (Å²) < 4.78 is 10.5. The second kappa shape index (κ2) is 9.68. The summed E-state index contributed by atoms with van der Waals surface area (Å²) in [5.74, 6) is 1.75. The maximum absolute atomic E-state index is 12.6. The summed E-state index contributed by atoms with van der Waals surface area (Å²) in [4.78, 5) is 18.9. The molecule has 0 unspecified atom stereocenters. The van der Waals surface area contributed by atoms with Crippen molar-refractivity contribution < 1.29 is 14.1 Å². The molecule has 29 heavy (non-hydrogen) atoms. The number of aromatic nitrogens is 2. The molecule has 3 rings (SSSR count). The lowest BCUT2D eigenvalue weighted by atomic mass is 10.2. The van der Waals surface area contributed by atoms with Crippen LogP contribution >= 0.6 is 0 Å². The molecule has 0 spiro atoms. The van der Waals surface area contributed by atoms with Gasteiger partial charge in [-0.25, -0.2) is 0 Å². The van der Waals surface area contributed by atoms with E-state index >= 15 is 0 Å². The van der Waals surface area contributed by atoms with E-state index in [4.69, 9.17) is 9.26 Å². The number of hydrogen-bond acceptors (Lipinski definition) is 5. The number of ether oxygens (including phenoxy) is 1. The second-order valence-electron chi connectivity index (χ2n) is 6.86. The van der Waals surface area contributed by atoms with E-state index in [1.54, 1.807) is 18.1 Å². The minimum Gasteiger partial charge on any atom is -0.497 e. The van der Waals surface area contributed by atoms with Gasteiger partial charge in [0, 0.05) is 30.6 Å². The molecule has 0 aliphatic heterocycles. The molecule has 0 saturated heterocycles. The molecule has 0 N–H and O–H groups in total. The largest absolute Gasteiger partial charge is 0.497 e. The van der Waals surface area contributed by atoms with Crippen molar-refractivity contribution >= 4 is 12.0 Å². The fourth-order valence-corrected chi connectivity index (χ4v) is 2.88. The molecule has 0 radical (unpaired) electrons. The minimum absolute atomic E-state index is 0.0428. The lowest BCUT2D eigenvalue weighted by Crippen LogP contribution is -2.37. The summed E-state index contributed by atoms with van der Waals surface area (Å²) in [5.41, 5.74) is 1.84. The number of methoxy groups -OCH3 is 1. The van der Waals surface area contributed by atoms with Gasteiger partial charge in [0.15, 0.2) is 0 Å². The number of carbonyl (C=O) groups is 1. The number of rotatable bonds is 8. The molecule has 0 aliphatic rings. The normalized spacial score (nSPS) is 11.2. The molecule has 0 atom stereocenters. The highest BCUT2D eigenvalue weighted by Crippen LogP contribution is 2.20. The van der Waals surface area contributed by atoms with Crippen LogP contribution in [0.4, 0.5) is 0 Å². The molecule has 0 saturated carbocycles. The van der Waals surface area contributed by atoms with Gasteiger partial charge in [0.2, 0.25) is 17.6 Å². The van der Waals surface area contributed by atoms with Crippen LogP contribution in [0.25, 0.3) is 17.5 Å². The average Bonchev–Trinajstić information content (AvgIpc) is 3.22. The maximum atomic E-state index is 12.6. The molecule has 0 fully saturated rings. The fourth-order valence-electron chi connectivity index (χ4n) is 2.88. The Morgan fingerprint density at radius 3 is 2.52 bits per heavy atom. The van der Waals surface area contributed by atoms with Crippen molar-refractivity contribution in [2.45, 2.75) is 26.3 Å². The number of amides is 1. The first-order chi connectivity index (χ1) is 14.1. The van der Waals surface area contributed by atoms with E-state index in [9.17, 15) is 4.79 Å². The van der Waals surface area contributed by atoms with Gasteiger partial charge in [0.05, 0.1) is 7.11 Å². The molecule has 6 nitrogen and oxygen atoms in total. The van der Waals surface area contributed by atoms with Gasteiger partial charge in [-0.3, -0.25) is 4.79 Å². The summed E-state index contributed by atoms with van der Waals surface area (Å²) >= 11 is 0. The predicted molar refractivity (Wildman–Crippen MR) is 112 cm³/mol. The van der Waals surface area contributed by atoms with Crippen molar-refractivity contribution in [3.8, 4) is 17.1 Å². The van der Waals surface area contributed by atoms with Crippen molar-refractivity contribution in [1.29, 1.82) is 0 Å². The quantitative estimate of drug-likeness (QED) is 0.537. The zero-order valence-electron chi connectivity index (χ0n) is 16.9. The minimum atomic E-state index is -0.0428. The molecule has 1 amide bonds. The van der Waals surface area contributed by atoms with E-state index in [1.165, 1.54) is 0 Å². The van der Waals surface area contributed by atoms with E-state index in [-0.39, 0.29) is 11.9 Å². The second-order valence-corrected chi connectivity index (χ2v) is 6.86. The Kier molecular flexibility index (Phi) is 6.79. The Morgan fingerprint density at radius 1 is 1.14 bits per heavy atom. The first-order valence-corrected chi connectivity index (χ1v) is 9.57. The first kappa shape index (κ1) is 20.3. The summed E-state index contributed by atoms with van der Waals surface area (Å²) in [6, 6.07) is 17.3. The van der Waals surface area contributed by atoms with Gasteiger partial charge in [-0.2, -0.15) is 4.98 Å². The van der Waals surface area contributed by atoms with E-state index < -0.39 is 0 Å². The summed E-state index contributed by atoms with van der Waals surface area (Å²) in [6.07, 6.45) is 3.92. The van der Waals surface area contributed by atoms with Crippen LogP contribution in [-0.4, -0.2) is 40.6 Å². The molecule has 3 aromatic rings. The van der Waals surface area contributed by atoms with Crippen LogP contribution in [-0.2, 0) is 11.2 Å². The van der Waals surface area contributed by atoms with Gasteiger partial charge >= 0.3 is 0 Å². The van der Waals surface area contributed by atoms with Gasteiger partial charge in [-0.1, -0.05) is 35.5 Å². The molecule has 150 valence electrons. The third kappa shape index (κ3) is 5.54. The molecule has 0 bridgehead atoms. The molecule has 1 heterocycles. The van der Waals surface area contributed by atoms with Gasteiger partial charge in [-0.15, -0.1) is 0 Å². The van der Waals surface area contributed by atoms with Crippen molar-refractivity contribution in [2.24, 2.45) is 0 Å². The highest BCUT2D eigenvalue weighted by molar-refractivity contribution is 5.92. The molecule has 6 heteroatoms. The van der Waals surface area contributed by atoms with Crippen LogP contribution in [0.3, 0.4) is 0 Å². The Hall–Kier alpha value is -3.41. The number of benzene rings is 2. The Balaban J connectivity index is 1.62. The van der Waals surface area contributed by atoms with Crippen LogP contribution in [0.2, 0.25) is 0 Å². The monoisotopic (exact) mass is 391 g/mol. The zero-order chi connectivity index (χ0) is 20.6. The van der Waals surface area contributed by atoms with Crippen LogP contribution in [0.15, 0.2) is 65.2 Å². The molecule has 2 aromatic carbocycles.